The zero-order chi connectivity index (χ0) is 20.4. The molecule has 3 aromatic rings. The number of rotatable bonds is 6. The maximum Gasteiger partial charge on any atom is 0.141 e. The van der Waals surface area contributed by atoms with E-state index in [0.717, 1.165) is 41.5 Å². The van der Waals surface area contributed by atoms with Crippen molar-refractivity contribution in [2.24, 2.45) is 0 Å². The van der Waals surface area contributed by atoms with Gasteiger partial charge in [0.25, 0.3) is 0 Å². The summed E-state index contributed by atoms with van der Waals surface area (Å²) in [6, 6.07) is 12.3. The van der Waals surface area contributed by atoms with E-state index in [1.165, 1.54) is 24.4 Å². The van der Waals surface area contributed by atoms with Crippen molar-refractivity contribution in [3.8, 4) is 11.3 Å². The molecule has 1 aliphatic carbocycles. The lowest BCUT2D eigenvalue weighted by Gasteiger charge is -2.29. The van der Waals surface area contributed by atoms with E-state index < -0.39 is 0 Å². The molecule has 1 fully saturated rings. The molecule has 1 saturated carbocycles. The zero-order valence-corrected chi connectivity index (χ0v) is 16.8. The third-order valence-corrected chi connectivity index (χ3v) is 5.86. The Bertz CT molecular complexity index is 1040. The highest BCUT2D eigenvalue weighted by Crippen LogP contribution is 2.40. The summed E-state index contributed by atoms with van der Waals surface area (Å²) >= 11 is 0. The van der Waals surface area contributed by atoms with Crippen LogP contribution in [-0.4, -0.2) is 9.97 Å². The van der Waals surface area contributed by atoms with E-state index in [4.69, 9.17) is 5.73 Å². The molecule has 0 atom stereocenters. The van der Waals surface area contributed by atoms with Gasteiger partial charge in [0.1, 0.15) is 11.6 Å². The first-order chi connectivity index (χ1) is 14.0. The first kappa shape index (κ1) is 19.3. The molecule has 0 spiro atoms. The fourth-order valence-electron chi connectivity index (χ4n) is 3.93. The third kappa shape index (κ3) is 4.07. The van der Waals surface area contributed by atoms with Gasteiger partial charge in [-0.2, -0.15) is 0 Å². The SMILES string of the molecule is C=C(C)c1cccc(CCc2c(C3CCC3)ccc(-c3cnc(N)cn3)c2F)c1. The molecule has 148 valence electrons. The van der Waals surface area contributed by atoms with E-state index in [-0.39, 0.29) is 5.82 Å². The van der Waals surface area contributed by atoms with Crippen LogP contribution in [0.2, 0.25) is 0 Å². The molecule has 0 bridgehead atoms. The van der Waals surface area contributed by atoms with Crippen molar-refractivity contribution in [2.45, 2.75) is 44.9 Å². The van der Waals surface area contributed by atoms with Gasteiger partial charge >= 0.3 is 0 Å². The number of aryl methyl sites for hydroxylation is 1. The molecular formula is C25H26FN3. The highest BCUT2D eigenvalue weighted by atomic mass is 19.1. The largest absolute Gasteiger partial charge is 0.382 e. The van der Waals surface area contributed by atoms with Gasteiger partial charge in [-0.05, 0) is 66.8 Å². The third-order valence-electron chi connectivity index (χ3n) is 5.86. The fraction of sp³-hybridized carbons (Fsp3) is 0.280. The Hall–Kier alpha value is -3.01. The molecular weight excluding hydrogens is 361 g/mol. The summed E-state index contributed by atoms with van der Waals surface area (Å²) in [5.41, 5.74) is 12.0. The number of allylic oxidation sites excluding steroid dienone is 1. The van der Waals surface area contributed by atoms with Crippen LogP contribution >= 0.6 is 0 Å². The molecule has 4 rings (SSSR count). The number of benzene rings is 2. The minimum atomic E-state index is -0.176. The Balaban J connectivity index is 1.68. The van der Waals surface area contributed by atoms with Crippen LogP contribution in [0.15, 0.2) is 55.4 Å². The predicted molar refractivity (Wildman–Crippen MR) is 117 cm³/mol. The molecule has 1 aromatic heterocycles. The Morgan fingerprint density at radius 2 is 1.97 bits per heavy atom. The average Bonchev–Trinajstić information content (AvgIpc) is 2.67. The Morgan fingerprint density at radius 1 is 1.14 bits per heavy atom. The lowest BCUT2D eigenvalue weighted by Crippen LogP contribution is -2.13. The first-order valence-corrected chi connectivity index (χ1v) is 10.2. The maximum absolute atomic E-state index is 15.6. The summed E-state index contributed by atoms with van der Waals surface area (Å²) in [5, 5.41) is 0. The number of nitrogens with zero attached hydrogens (tertiary/aromatic N) is 2. The van der Waals surface area contributed by atoms with Gasteiger partial charge in [0.15, 0.2) is 0 Å². The van der Waals surface area contributed by atoms with Gasteiger partial charge in [-0.25, -0.2) is 9.37 Å². The molecule has 0 saturated heterocycles. The number of halogens is 1. The quantitative estimate of drug-likeness (QED) is 0.568. The summed E-state index contributed by atoms with van der Waals surface area (Å²) in [5.74, 6) is 0.621. The van der Waals surface area contributed by atoms with Gasteiger partial charge in [0.2, 0.25) is 0 Å². The summed E-state index contributed by atoms with van der Waals surface area (Å²) in [7, 11) is 0. The van der Waals surface area contributed by atoms with Crippen LogP contribution in [0.3, 0.4) is 0 Å². The molecule has 29 heavy (non-hydrogen) atoms. The van der Waals surface area contributed by atoms with Crippen LogP contribution < -0.4 is 5.73 Å². The van der Waals surface area contributed by atoms with Crippen molar-refractivity contribution in [1.29, 1.82) is 0 Å². The van der Waals surface area contributed by atoms with Crippen LogP contribution in [0.1, 0.15) is 54.4 Å². The predicted octanol–water partition coefficient (Wildman–Crippen LogP) is 5.95. The van der Waals surface area contributed by atoms with Crippen molar-refractivity contribution < 1.29 is 4.39 Å². The fourth-order valence-corrected chi connectivity index (χ4v) is 3.93. The van der Waals surface area contributed by atoms with E-state index in [1.54, 1.807) is 0 Å². The van der Waals surface area contributed by atoms with Gasteiger partial charge in [-0.15, -0.1) is 0 Å². The molecule has 0 unspecified atom stereocenters. The van der Waals surface area contributed by atoms with Crippen LogP contribution in [0.5, 0.6) is 0 Å². The summed E-state index contributed by atoms with van der Waals surface area (Å²) in [6.07, 6.45) is 7.95. The topological polar surface area (TPSA) is 51.8 Å². The average molecular weight is 388 g/mol. The van der Waals surface area contributed by atoms with E-state index >= 15 is 4.39 Å². The molecule has 0 radical (unpaired) electrons. The minimum absolute atomic E-state index is 0.176. The van der Waals surface area contributed by atoms with Crippen molar-refractivity contribution in [3.05, 3.63) is 83.4 Å². The standard InChI is InChI=1S/C25H26FN3/c1-16(2)19-8-3-5-17(13-19)9-10-21-20(18-6-4-7-18)11-12-22(25(21)26)23-14-29-24(27)15-28-23/h3,5,8,11-15,18H,1,4,6-7,9-10H2,2H3,(H2,27,29). The molecule has 4 heteroatoms. The maximum atomic E-state index is 15.6. The number of nitrogen functional groups attached to an aromatic ring is 1. The summed E-state index contributed by atoms with van der Waals surface area (Å²) in [6.45, 7) is 6.03. The highest BCUT2D eigenvalue weighted by molar-refractivity contribution is 5.63. The normalized spacial score (nSPS) is 13.9. The molecule has 2 aromatic carbocycles. The second kappa shape index (κ2) is 8.16. The highest BCUT2D eigenvalue weighted by Gasteiger charge is 2.25. The summed E-state index contributed by atoms with van der Waals surface area (Å²) in [4.78, 5) is 8.34. The van der Waals surface area contributed by atoms with Crippen LogP contribution in [0, 0.1) is 5.82 Å². The molecule has 2 N–H and O–H groups in total. The van der Waals surface area contributed by atoms with Crippen LogP contribution in [-0.2, 0) is 12.8 Å². The van der Waals surface area contributed by atoms with Crippen LogP contribution in [0.25, 0.3) is 16.8 Å². The van der Waals surface area contributed by atoms with Gasteiger partial charge in [-0.1, -0.05) is 48.9 Å². The van der Waals surface area contributed by atoms with Crippen molar-refractivity contribution >= 4 is 11.4 Å². The van der Waals surface area contributed by atoms with E-state index in [9.17, 15) is 0 Å². The van der Waals surface area contributed by atoms with Gasteiger partial charge in [0, 0.05) is 5.56 Å². The Morgan fingerprint density at radius 3 is 2.62 bits per heavy atom. The number of anilines is 1. The van der Waals surface area contributed by atoms with Gasteiger partial charge < -0.3 is 5.73 Å². The second-order valence-electron chi connectivity index (χ2n) is 7.93. The monoisotopic (exact) mass is 387 g/mol. The molecule has 1 heterocycles. The lowest BCUT2D eigenvalue weighted by atomic mass is 9.77. The van der Waals surface area contributed by atoms with Crippen molar-refractivity contribution in [3.63, 3.8) is 0 Å². The smallest absolute Gasteiger partial charge is 0.141 e. The van der Waals surface area contributed by atoms with E-state index in [0.29, 0.717) is 29.4 Å². The number of nitrogens with two attached hydrogens (primary N) is 1. The van der Waals surface area contributed by atoms with Gasteiger partial charge in [0.05, 0.1) is 18.1 Å². The van der Waals surface area contributed by atoms with E-state index in [2.05, 4.69) is 40.8 Å². The lowest BCUT2D eigenvalue weighted by molar-refractivity contribution is 0.414. The molecule has 3 nitrogen and oxygen atoms in total. The number of hydrogen-bond donors (Lipinski definition) is 1. The second-order valence-corrected chi connectivity index (χ2v) is 7.93. The Kier molecular flexibility index (Phi) is 5.43. The van der Waals surface area contributed by atoms with Gasteiger partial charge in [-0.3, -0.25) is 4.98 Å². The zero-order valence-electron chi connectivity index (χ0n) is 16.8. The first-order valence-electron chi connectivity index (χ1n) is 10.2. The summed E-state index contributed by atoms with van der Waals surface area (Å²) < 4.78 is 15.6. The van der Waals surface area contributed by atoms with Crippen molar-refractivity contribution in [1.82, 2.24) is 9.97 Å². The Labute approximate surface area is 171 Å². The molecule has 0 aliphatic heterocycles. The van der Waals surface area contributed by atoms with E-state index in [1.807, 2.05) is 19.1 Å². The number of hydrogen-bond acceptors (Lipinski definition) is 3. The molecule has 1 aliphatic rings. The number of aromatic nitrogens is 2. The minimum Gasteiger partial charge on any atom is -0.382 e. The molecule has 0 amide bonds. The van der Waals surface area contributed by atoms with Crippen LogP contribution in [0.4, 0.5) is 10.2 Å². The van der Waals surface area contributed by atoms with Crippen molar-refractivity contribution in [2.75, 3.05) is 5.73 Å².